The smallest absolute Gasteiger partial charge is 0.254 e. The first-order chi connectivity index (χ1) is 8.50. The minimum atomic E-state index is -0.608. The Bertz CT molecular complexity index is 452. The van der Waals surface area contributed by atoms with Crippen LogP contribution in [0.4, 0.5) is 4.39 Å². The van der Waals surface area contributed by atoms with Gasteiger partial charge in [0.1, 0.15) is 11.0 Å². The molecule has 0 aliphatic carbocycles. The fraction of sp³-hybridized carbons (Fsp3) is 0.333. The number of pyridine rings is 1. The summed E-state index contributed by atoms with van der Waals surface area (Å²) in [5.74, 6) is -1.09. The highest BCUT2D eigenvalue weighted by atomic mass is 35.5. The van der Waals surface area contributed by atoms with E-state index in [4.69, 9.17) is 16.3 Å². The van der Waals surface area contributed by atoms with Crippen molar-refractivity contribution in [1.29, 1.82) is 0 Å². The molecule has 0 atom stereocenters. The van der Waals surface area contributed by atoms with E-state index in [0.29, 0.717) is 19.8 Å². The molecule has 1 heterocycles. The Labute approximate surface area is 110 Å². The molecule has 0 aliphatic heterocycles. The summed E-state index contributed by atoms with van der Waals surface area (Å²) in [5.41, 5.74) is 0.912. The molecule has 6 heteroatoms. The van der Waals surface area contributed by atoms with Crippen molar-refractivity contribution in [3.63, 3.8) is 0 Å². The predicted octanol–water partition coefficient (Wildman–Crippen LogP) is 2.20. The third-order valence-electron chi connectivity index (χ3n) is 1.93. The van der Waals surface area contributed by atoms with Gasteiger partial charge in [-0.25, -0.2) is 9.37 Å². The molecule has 0 unspecified atom stereocenters. The van der Waals surface area contributed by atoms with Crippen LogP contribution < -0.4 is 5.32 Å². The van der Waals surface area contributed by atoms with Crippen LogP contribution in [0.5, 0.6) is 0 Å². The number of nitrogens with one attached hydrogen (secondary N) is 1. The number of ether oxygens (including phenoxy) is 1. The lowest BCUT2D eigenvalue weighted by Gasteiger charge is -2.07. The number of nitrogens with zero attached hydrogens (tertiary/aromatic N) is 1. The molecule has 1 aromatic heterocycles. The second-order valence-electron chi connectivity index (χ2n) is 3.76. The molecule has 1 N–H and O–H groups in total. The molecule has 18 heavy (non-hydrogen) atoms. The fourth-order valence-electron chi connectivity index (χ4n) is 1.16. The average molecular weight is 273 g/mol. The minimum absolute atomic E-state index is 0.0107. The number of rotatable bonds is 6. The van der Waals surface area contributed by atoms with Gasteiger partial charge in [0.25, 0.3) is 5.91 Å². The lowest BCUT2D eigenvalue weighted by Crippen LogP contribution is -2.28. The molecule has 0 spiro atoms. The second-order valence-corrected chi connectivity index (χ2v) is 4.12. The van der Waals surface area contributed by atoms with E-state index >= 15 is 0 Å². The van der Waals surface area contributed by atoms with Gasteiger partial charge in [-0.2, -0.15) is 0 Å². The molecular formula is C12H14ClFN2O2. The lowest BCUT2D eigenvalue weighted by molar-refractivity contribution is 0.0926. The van der Waals surface area contributed by atoms with E-state index in [1.807, 2.05) is 6.92 Å². The number of carbonyl (C=O) groups is 1. The quantitative estimate of drug-likeness (QED) is 0.491. The normalized spacial score (nSPS) is 10.2. The Hall–Kier alpha value is -1.46. The molecular weight excluding hydrogens is 259 g/mol. The van der Waals surface area contributed by atoms with Gasteiger partial charge in [0.2, 0.25) is 0 Å². The summed E-state index contributed by atoms with van der Waals surface area (Å²) in [4.78, 5) is 15.2. The highest BCUT2D eigenvalue weighted by Crippen LogP contribution is 2.13. The maximum absolute atomic E-state index is 12.9. The molecule has 0 fully saturated rings. The molecule has 4 nitrogen and oxygen atoms in total. The largest absolute Gasteiger partial charge is 0.375 e. The lowest BCUT2D eigenvalue weighted by atomic mass is 10.2. The Morgan fingerprint density at radius 2 is 2.39 bits per heavy atom. The van der Waals surface area contributed by atoms with Gasteiger partial charge >= 0.3 is 0 Å². The van der Waals surface area contributed by atoms with Gasteiger partial charge in [0, 0.05) is 6.54 Å². The van der Waals surface area contributed by atoms with Crippen molar-refractivity contribution in [1.82, 2.24) is 10.3 Å². The van der Waals surface area contributed by atoms with Gasteiger partial charge in [-0.15, -0.1) is 0 Å². The maximum Gasteiger partial charge on any atom is 0.254 e. The van der Waals surface area contributed by atoms with Crippen LogP contribution in [0.1, 0.15) is 17.3 Å². The van der Waals surface area contributed by atoms with Crippen LogP contribution in [0.2, 0.25) is 5.15 Å². The van der Waals surface area contributed by atoms with Crippen LogP contribution in [-0.4, -0.2) is 30.6 Å². The van der Waals surface area contributed by atoms with E-state index in [9.17, 15) is 9.18 Å². The van der Waals surface area contributed by atoms with Crippen LogP contribution in [0.15, 0.2) is 24.4 Å². The standard InChI is InChI=1S/C12H14ClFN2O2/c1-8(2)7-18-4-3-15-12(17)10-5-9(14)6-16-11(10)13/h5-6H,1,3-4,7H2,2H3,(H,15,17). The summed E-state index contributed by atoms with van der Waals surface area (Å²) in [7, 11) is 0. The first-order valence-corrected chi connectivity index (χ1v) is 5.70. The van der Waals surface area contributed by atoms with Crippen molar-refractivity contribution >= 4 is 17.5 Å². The van der Waals surface area contributed by atoms with Crippen LogP contribution in [0.25, 0.3) is 0 Å². The van der Waals surface area contributed by atoms with Crippen molar-refractivity contribution in [2.75, 3.05) is 19.8 Å². The average Bonchev–Trinajstić information content (AvgIpc) is 2.31. The zero-order chi connectivity index (χ0) is 13.5. The molecule has 0 saturated carbocycles. The van der Waals surface area contributed by atoms with Crippen LogP contribution >= 0.6 is 11.6 Å². The number of hydrogen-bond donors (Lipinski definition) is 1. The van der Waals surface area contributed by atoms with Crippen LogP contribution in [0, 0.1) is 5.82 Å². The molecule has 0 bridgehead atoms. The SMILES string of the molecule is C=C(C)COCCNC(=O)c1cc(F)cnc1Cl. The Kier molecular flexibility index (Phi) is 5.74. The Morgan fingerprint density at radius 1 is 1.67 bits per heavy atom. The van der Waals surface area contributed by atoms with Crippen molar-refractivity contribution in [3.05, 3.63) is 40.9 Å². The zero-order valence-corrected chi connectivity index (χ0v) is 10.8. The van der Waals surface area contributed by atoms with Crippen LogP contribution in [-0.2, 0) is 4.74 Å². The molecule has 1 rings (SSSR count). The summed E-state index contributed by atoms with van der Waals surface area (Å²) in [6, 6.07) is 1.04. The van der Waals surface area contributed by atoms with Gasteiger partial charge < -0.3 is 10.1 Å². The number of carbonyl (C=O) groups excluding carboxylic acids is 1. The summed E-state index contributed by atoms with van der Waals surface area (Å²) in [6.45, 7) is 6.61. The molecule has 0 radical (unpaired) electrons. The van der Waals surface area contributed by atoms with Crippen molar-refractivity contribution < 1.29 is 13.9 Å². The fourth-order valence-corrected chi connectivity index (χ4v) is 1.35. The van der Waals surface area contributed by atoms with E-state index in [1.165, 1.54) is 0 Å². The van der Waals surface area contributed by atoms with E-state index in [-0.39, 0.29) is 10.7 Å². The first-order valence-electron chi connectivity index (χ1n) is 5.32. The first kappa shape index (κ1) is 14.6. The van der Waals surface area contributed by atoms with Crippen LogP contribution in [0.3, 0.4) is 0 Å². The number of amides is 1. The molecule has 98 valence electrons. The number of halogens is 2. The van der Waals surface area contributed by atoms with E-state index in [1.54, 1.807) is 0 Å². The summed E-state index contributed by atoms with van der Waals surface area (Å²) in [6.07, 6.45) is 0.953. The summed E-state index contributed by atoms with van der Waals surface area (Å²) >= 11 is 5.69. The number of hydrogen-bond acceptors (Lipinski definition) is 3. The van der Waals surface area contributed by atoms with Gasteiger partial charge in [0.05, 0.1) is 25.0 Å². The highest BCUT2D eigenvalue weighted by Gasteiger charge is 2.11. The summed E-state index contributed by atoms with van der Waals surface area (Å²) < 4.78 is 18.1. The zero-order valence-electron chi connectivity index (χ0n) is 10.0. The molecule has 0 aliphatic rings. The van der Waals surface area contributed by atoms with E-state index in [2.05, 4.69) is 16.9 Å². The molecule has 1 aromatic rings. The van der Waals surface area contributed by atoms with Gasteiger partial charge in [-0.3, -0.25) is 4.79 Å². The topological polar surface area (TPSA) is 51.2 Å². The molecule has 1 amide bonds. The number of aromatic nitrogens is 1. The second kappa shape index (κ2) is 7.08. The molecule has 0 saturated heterocycles. The van der Waals surface area contributed by atoms with Gasteiger partial charge in [-0.1, -0.05) is 23.8 Å². The predicted molar refractivity (Wildman–Crippen MR) is 67.2 cm³/mol. The van der Waals surface area contributed by atoms with E-state index < -0.39 is 11.7 Å². The third kappa shape index (κ3) is 4.81. The van der Waals surface area contributed by atoms with Gasteiger partial charge in [-0.05, 0) is 13.0 Å². The van der Waals surface area contributed by atoms with Gasteiger partial charge in [0.15, 0.2) is 0 Å². The van der Waals surface area contributed by atoms with Crippen molar-refractivity contribution in [3.8, 4) is 0 Å². The highest BCUT2D eigenvalue weighted by molar-refractivity contribution is 6.32. The van der Waals surface area contributed by atoms with Crippen molar-refractivity contribution in [2.24, 2.45) is 0 Å². The Balaban J connectivity index is 2.41. The monoisotopic (exact) mass is 272 g/mol. The summed E-state index contributed by atoms with van der Waals surface area (Å²) in [5, 5.41) is 2.53. The Morgan fingerprint density at radius 3 is 3.06 bits per heavy atom. The van der Waals surface area contributed by atoms with E-state index in [0.717, 1.165) is 17.8 Å². The third-order valence-corrected chi connectivity index (χ3v) is 2.23. The maximum atomic E-state index is 12.9. The molecule has 0 aromatic carbocycles. The van der Waals surface area contributed by atoms with Crippen molar-refractivity contribution in [2.45, 2.75) is 6.92 Å². The minimum Gasteiger partial charge on any atom is -0.375 e.